The standard InChI is InChI=1S/C12H17NO3/c14-10(9-3-4-9)13-7-8-16-11(15)12(13)5-1-2-6-12/h9H,1-8H2. The Morgan fingerprint density at radius 1 is 1.31 bits per heavy atom. The van der Waals surface area contributed by atoms with Crippen LogP contribution in [0.2, 0.25) is 0 Å². The molecule has 0 radical (unpaired) electrons. The van der Waals surface area contributed by atoms with Crippen molar-refractivity contribution in [3.05, 3.63) is 0 Å². The van der Waals surface area contributed by atoms with Crippen LogP contribution in [0.3, 0.4) is 0 Å². The molecule has 1 aliphatic heterocycles. The molecule has 1 amide bonds. The van der Waals surface area contributed by atoms with Crippen molar-refractivity contribution in [2.24, 2.45) is 5.92 Å². The highest BCUT2D eigenvalue weighted by Crippen LogP contribution is 2.41. The van der Waals surface area contributed by atoms with Crippen molar-refractivity contribution >= 4 is 11.9 Å². The van der Waals surface area contributed by atoms with Crippen molar-refractivity contribution in [3.63, 3.8) is 0 Å². The molecule has 0 bridgehead atoms. The average molecular weight is 223 g/mol. The molecule has 3 rings (SSSR count). The summed E-state index contributed by atoms with van der Waals surface area (Å²) in [5.74, 6) is 0.229. The van der Waals surface area contributed by atoms with E-state index in [2.05, 4.69) is 0 Å². The molecule has 0 aromatic heterocycles. The summed E-state index contributed by atoms with van der Waals surface area (Å²) >= 11 is 0. The SMILES string of the molecule is O=C(C1CC1)N1CCOC(=O)C12CCCC2. The molecule has 0 atom stereocenters. The van der Waals surface area contributed by atoms with Gasteiger partial charge in [0.2, 0.25) is 5.91 Å². The Balaban J connectivity index is 1.88. The normalized spacial score (nSPS) is 28.2. The van der Waals surface area contributed by atoms with Crippen molar-refractivity contribution < 1.29 is 14.3 Å². The highest BCUT2D eigenvalue weighted by atomic mass is 16.5. The average Bonchev–Trinajstić information content (AvgIpc) is 3.03. The largest absolute Gasteiger partial charge is 0.462 e. The van der Waals surface area contributed by atoms with Gasteiger partial charge >= 0.3 is 5.97 Å². The predicted octanol–water partition coefficient (Wildman–Crippen LogP) is 1.09. The summed E-state index contributed by atoms with van der Waals surface area (Å²) in [6.45, 7) is 0.972. The van der Waals surface area contributed by atoms with Gasteiger partial charge in [-0.05, 0) is 25.7 Å². The minimum atomic E-state index is -0.585. The van der Waals surface area contributed by atoms with E-state index in [4.69, 9.17) is 4.74 Å². The second-order valence-corrected chi connectivity index (χ2v) is 5.14. The molecule has 1 spiro atoms. The number of carbonyl (C=O) groups is 2. The number of morpholine rings is 1. The smallest absolute Gasteiger partial charge is 0.332 e. The number of hydrogen-bond donors (Lipinski definition) is 0. The number of nitrogens with zero attached hydrogens (tertiary/aromatic N) is 1. The van der Waals surface area contributed by atoms with Crippen LogP contribution in [0.4, 0.5) is 0 Å². The van der Waals surface area contributed by atoms with Crippen molar-refractivity contribution in [1.82, 2.24) is 4.90 Å². The topological polar surface area (TPSA) is 46.6 Å². The highest BCUT2D eigenvalue weighted by Gasteiger charge is 2.53. The van der Waals surface area contributed by atoms with E-state index in [9.17, 15) is 9.59 Å². The third-order valence-corrected chi connectivity index (χ3v) is 4.07. The van der Waals surface area contributed by atoms with Crippen LogP contribution in [-0.2, 0) is 14.3 Å². The van der Waals surface area contributed by atoms with Gasteiger partial charge in [-0.25, -0.2) is 4.79 Å². The number of cyclic esters (lactones) is 1. The quantitative estimate of drug-likeness (QED) is 0.625. The first-order valence-electron chi connectivity index (χ1n) is 6.23. The van der Waals surface area contributed by atoms with Crippen LogP contribution >= 0.6 is 0 Å². The fourth-order valence-corrected chi connectivity index (χ4v) is 2.99. The third kappa shape index (κ3) is 1.35. The molecule has 1 heterocycles. The third-order valence-electron chi connectivity index (χ3n) is 4.07. The predicted molar refractivity (Wildman–Crippen MR) is 56.6 cm³/mol. The van der Waals surface area contributed by atoms with Gasteiger partial charge in [0, 0.05) is 5.92 Å². The molecule has 0 N–H and O–H groups in total. The Morgan fingerprint density at radius 3 is 2.62 bits per heavy atom. The molecule has 16 heavy (non-hydrogen) atoms. The Hall–Kier alpha value is -1.06. The van der Waals surface area contributed by atoms with Gasteiger partial charge in [0.05, 0.1) is 6.54 Å². The van der Waals surface area contributed by atoms with Gasteiger partial charge in [-0.1, -0.05) is 12.8 Å². The number of esters is 1. The van der Waals surface area contributed by atoms with Crippen molar-refractivity contribution in [3.8, 4) is 0 Å². The van der Waals surface area contributed by atoms with E-state index in [0.717, 1.165) is 38.5 Å². The molecular weight excluding hydrogens is 206 g/mol. The number of ether oxygens (including phenoxy) is 1. The molecule has 3 fully saturated rings. The van der Waals surface area contributed by atoms with Crippen LogP contribution in [0.15, 0.2) is 0 Å². The summed E-state index contributed by atoms with van der Waals surface area (Å²) in [5.41, 5.74) is -0.585. The maximum Gasteiger partial charge on any atom is 0.332 e. The summed E-state index contributed by atoms with van der Waals surface area (Å²) in [6.07, 6.45) is 5.66. The lowest BCUT2D eigenvalue weighted by Crippen LogP contribution is -2.61. The molecule has 0 aromatic rings. The van der Waals surface area contributed by atoms with E-state index < -0.39 is 5.54 Å². The number of carbonyl (C=O) groups excluding carboxylic acids is 2. The summed E-state index contributed by atoms with van der Waals surface area (Å²) < 4.78 is 5.16. The van der Waals surface area contributed by atoms with E-state index in [1.807, 2.05) is 4.90 Å². The molecule has 2 saturated carbocycles. The van der Waals surface area contributed by atoms with Gasteiger partial charge in [-0.3, -0.25) is 4.79 Å². The van der Waals surface area contributed by atoms with Crippen LogP contribution in [0.1, 0.15) is 38.5 Å². The lowest BCUT2D eigenvalue weighted by atomic mass is 9.93. The first-order valence-corrected chi connectivity index (χ1v) is 6.23. The van der Waals surface area contributed by atoms with E-state index in [-0.39, 0.29) is 17.8 Å². The number of rotatable bonds is 1. The molecular formula is C12H17NO3. The molecule has 2 aliphatic carbocycles. The van der Waals surface area contributed by atoms with Crippen molar-refractivity contribution in [2.45, 2.75) is 44.1 Å². The molecule has 1 saturated heterocycles. The molecule has 0 unspecified atom stereocenters. The van der Waals surface area contributed by atoms with Gasteiger partial charge in [0.1, 0.15) is 12.1 Å². The second kappa shape index (κ2) is 3.47. The van der Waals surface area contributed by atoms with Gasteiger partial charge in [0.15, 0.2) is 0 Å². The van der Waals surface area contributed by atoms with Gasteiger partial charge in [0.25, 0.3) is 0 Å². The summed E-state index contributed by atoms with van der Waals surface area (Å²) in [4.78, 5) is 26.0. The van der Waals surface area contributed by atoms with Crippen molar-refractivity contribution in [1.29, 1.82) is 0 Å². The van der Waals surface area contributed by atoms with Crippen LogP contribution in [0.5, 0.6) is 0 Å². The summed E-state index contributed by atoms with van der Waals surface area (Å²) in [5, 5.41) is 0. The minimum absolute atomic E-state index is 0.162. The monoisotopic (exact) mass is 223 g/mol. The zero-order valence-electron chi connectivity index (χ0n) is 9.41. The van der Waals surface area contributed by atoms with Gasteiger partial charge in [-0.2, -0.15) is 0 Å². The molecule has 4 heteroatoms. The van der Waals surface area contributed by atoms with E-state index in [1.165, 1.54) is 0 Å². The fraction of sp³-hybridized carbons (Fsp3) is 0.833. The van der Waals surface area contributed by atoms with Crippen molar-refractivity contribution in [2.75, 3.05) is 13.2 Å². The molecule has 4 nitrogen and oxygen atoms in total. The van der Waals surface area contributed by atoms with Crippen LogP contribution in [0.25, 0.3) is 0 Å². The second-order valence-electron chi connectivity index (χ2n) is 5.14. The Labute approximate surface area is 94.9 Å². The van der Waals surface area contributed by atoms with E-state index >= 15 is 0 Å². The van der Waals surface area contributed by atoms with Crippen LogP contribution in [0, 0.1) is 5.92 Å². The zero-order valence-corrected chi connectivity index (χ0v) is 9.41. The zero-order chi connectivity index (χ0) is 11.2. The fourth-order valence-electron chi connectivity index (χ4n) is 2.99. The lowest BCUT2D eigenvalue weighted by Gasteiger charge is -2.42. The van der Waals surface area contributed by atoms with Gasteiger partial charge < -0.3 is 9.64 Å². The lowest BCUT2D eigenvalue weighted by molar-refractivity contribution is -0.175. The summed E-state index contributed by atoms with van der Waals surface area (Å²) in [6, 6.07) is 0. The van der Waals surface area contributed by atoms with E-state index in [1.54, 1.807) is 0 Å². The van der Waals surface area contributed by atoms with Gasteiger partial charge in [-0.15, -0.1) is 0 Å². The Bertz CT molecular complexity index is 329. The molecule has 3 aliphatic rings. The number of hydrogen-bond acceptors (Lipinski definition) is 3. The van der Waals surface area contributed by atoms with Crippen LogP contribution < -0.4 is 0 Å². The van der Waals surface area contributed by atoms with E-state index in [0.29, 0.717) is 13.2 Å². The number of amides is 1. The summed E-state index contributed by atoms with van der Waals surface area (Å²) in [7, 11) is 0. The first kappa shape index (κ1) is 10.1. The Kier molecular flexibility index (Phi) is 2.19. The molecule has 0 aromatic carbocycles. The van der Waals surface area contributed by atoms with Crippen LogP contribution in [-0.4, -0.2) is 35.5 Å². The maximum absolute atomic E-state index is 12.2. The molecule has 88 valence electrons. The first-order chi connectivity index (χ1) is 7.74. The minimum Gasteiger partial charge on any atom is -0.462 e. The Morgan fingerprint density at radius 2 is 2.00 bits per heavy atom. The maximum atomic E-state index is 12.2. The highest BCUT2D eigenvalue weighted by molar-refractivity contribution is 5.91.